The molecular formula is C21H35N3O6. The van der Waals surface area contributed by atoms with Crippen molar-refractivity contribution in [3.8, 4) is 11.5 Å². The number of carbonyl (C=O) groups excluding carboxylic acids is 1. The van der Waals surface area contributed by atoms with Crippen molar-refractivity contribution in [1.82, 2.24) is 15.1 Å². The standard InChI is InChI=1S/C21H35N3O6/c1-27-11-6-22-21(26)14-24-9-7-23(8-10-24)13-18(25)16-30-15-17-4-5-19(28-2)20(12-17)29-3/h4-5,12,18,25H,6-11,13-16H2,1-3H3,(H,22,26). The molecule has 0 aliphatic carbocycles. The van der Waals surface area contributed by atoms with Crippen molar-refractivity contribution >= 4 is 5.91 Å². The SMILES string of the molecule is COCCNC(=O)CN1CCN(CC(O)COCc2ccc(OC)c(OC)c2)CC1. The third kappa shape index (κ3) is 8.45. The second-order valence-corrected chi connectivity index (χ2v) is 7.28. The number of piperazine rings is 1. The smallest absolute Gasteiger partial charge is 0.234 e. The Kier molecular flexibility index (Phi) is 10.9. The van der Waals surface area contributed by atoms with E-state index < -0.39 is 6.10 Å². The van der Waals surface area contributed by atoms with Crippen LogP contribution in [-0.2, 0) is 20.9 Å². The van der Waals surface area contributed by atoms with Gasteiger partial charge in [-0.3, -0.25) is 14.6 Å². The molecule has 1 heterocycles. The molecule has 0 saturated carbocycles. The Balaban J connectivity index is 1.62. The van der Waals surface area contributed by atoms with Crippen molar-refractivity contribution in [2.75, 3.05) is 80.4 Å². The molecule has 2 N–H and O–H groups in total. The summed E-state index contributed by atoms with van der Waals surface area (Å²) < 4.78 is 21.1. The Hall–Kier alpha value is -1.91. The quantitative estimate of drug-likeness (QED) is 0.426. The molecule has 1 unspecified atom stereocenters. The van der Waals surface area contributed by atoms with Gasteiger partial charge in [0.25, 0.3) is 0 Å². The fraction of sp³-hybridized carbons (Fsp3) is 0.667. The zero-order valence-corrected chi connectivity index (χ0v) is 18.3. The predicted molar refractivity (Wildman–Crippen MR) is 113 cm³/mol. The van der Waals surface area contributed by atoms with Gasteiger partial charge in [-0.15, -0.1) is 0 Å². The van der Waals surface area contributed by atoms with Gasteiger partial charge in [-0.2, -0.15) is 0 Å². The molecule has 9 nitrogen and oxygen atoms in total. The van der Waals surface area contributed by atoms with Crippen molar-refractivity contribution in [2.45, 2.75) is 12.7 Å². The van der Waals surface area contributed by atoms with Crippen LogP contribution in [0.3, 0.4) is 0 Å². The van der Waals surface area contributed by atoms with Gasteiger partial charge in [0, 0.05) is 46.4 Å². The first kappa shape index (κ1) is 24.4. The fourth-order valence-electron chi connectivity index (χ4n) is 3.32. The number of rotatable bonds is 13. The van der Waals surface area contributed by atoms with Crippen LogP contribution in [0.1, 0.15) is 5.56 Å². The highest BCUT2D eigenvalue weighted by atomic mass is 16.5. The van der Waals surface area contributed by atoms with E-state index in [9.17, 15) is 9.90 Å². The third-order valence-electron chi connectivity index (χ3n) is 4.96. The van der Waals surface area contributed by atoms with Gasteiger partial charge in [0.15, 0.2) is 11.5 Å². The Labute approximate surface area is 178 Å². The Morgan fingerprint density at radius 3 is 2.47 bits per heavy atom. The summed E-state index contributed by atoms with van der Waals surface area (Å²) in [6.45, 7) is 5.90. The minimum Gasteiger partial charge on any atom is -0.493 e. The van der Waals surface area contributed by atoms with Crippen LogP contribution in [0.5, 0.6) is 11.5 Å². The highest BCUT2D eigenvalue weighted by Gasteiger charge is 2.20. The third-order valence-corrected chi connectivity index (χ3v) is 4.96. The molecule has 0 radical (unpaired) electrons. The van der Waals surface area contributed by atoms with Crippen molar-refractivity contribution in [2.24, 2.45) is 0 Å². The topological polar surface area (TPSA) is 92.7 Å². The van der Waals surface area contributed by atoms with Crippen LogP contribution in [0, 0.1) is 0 Å². The summed E-state index contributed by atoms with van der Waals surface area (Å²) in [7, 11) is 4.81. The molecule has 0 aromatic heterocycles. The predicted octanol–water partition coefficient (Wildman–Crippen LogP) is -0.0385. The number of benzene rings is 1. The molecule has 1 amide bonds. The van der Waals surface area contributed by atoms with Crippen LogP contribution >= 0.6 is 0 Å². The lowest BCUT2D eigenvalue weighted by Gasteiger charge is -2.35. The summed E-state index contributed by atoms with van der Waals surface area (Å²) in [5.74, 6) is 1.35. The van der Waals surface area contributed by atoms with E-state index in [4.69, 9.17) is 18.9 Å². The number of β-amino-alcohol motifs (C(OH)–C–C–N with tert-alkyl or cyclic N) is 1. The summed E-state index contributed by atoms with van der Waals surface area (Å²) in [6, 6.07) is 5.62. The molecule has 1 fully saturated rings. The zero-order chi connectivity index (χ0) is 21.8. The normalized spacial score (nSPS) is 16.3. The maximum atomic E-state index is 11.9. The Morgan fingerprint density at radius 2 is 1.80 bits per heavy atom. The average Bonchev–Trinajstić information content (AvgIpc) is 2.75. The van der Waals surface area contributed by atoms with Crippen LogP contribution in [0.25, 0.3) is 0 Å². The van der Waals surface area contributed by atoms with Gasteiger partial charge < -0.3 is 29.4 Å². The number of hydrogen-bond acceptors (Lipinski definition) is 8. The maximum Gasteiger partial charge on any atom is 0.234 e. The fourth-order valence-corrected chi connectivity index (χ4v) is 3.32. The highest BCUT2D eigenvalue weighted by molar-refractivity contribution is 5.78. The van der Waals surface area contributed by atoms with Gasteiger partial charge in [0.05, 0.1) is 46.7 Å². The molecule has 0 spiro atoms. The first-order valence-corrected chi connectivity index (χ1v) is 10.2. The number of aliphatic hydroxyl groups is 1. The van der Waals surface area contributed by atoms with E-state index in [1.807, 2.05) is 18.2 Å². The number of aliphatic hydroxyl groups excluding tert-OH is 1. The maximum absolute atomic E-state index is 11.9. The molecular weight excluding hydrogens is 390 g/mol. The van der Waals surface area contributed by atoms with E-state index in [2.05, 4.69) is 15.1 Å². The lowest BCUT2D eigenvalue weighted by molar-refractivity contribution is -0.122. The van der Waals surface area contributed by atoms with Crippen LogP contribution in [-0.4, -0.2) is 107 Å². The number of nitrogens with one attached hydrogen (secondary N) is 1. The van der Waals surface area contributed by atoms with Gasteiger partial charge in [-0.1, -0.05) is 6.07 Å². The second-order valence-electron chi connectivity index (χ2n) is 7.28. The minimum atomic E-state index is -0.561. The zero-order valence-electron chi connectivity index (χ0n) is 18.3. The Morgan fingerprint density at radius 1 is 1.10 bits per heavy atom. The van der Waals surface area contributed by atoms with E-state index >= 15 is 0 Å². The lowest BCUT2D eigenvalue weighted by atomic mass is 10.2. The van der Waals surface area contributed by atoms with E-state index in [0.29, 0.717) is 44.3 Å². The van der Waals surface area contributed by atoms with Gasteiger partial charge >= 0.3 is 0 Å². The number of ether oxygens (including phenoxy) is 4. The molecule has 170 valence electrons. The average molecular weight is 426 g/mol. The molecule has 9 heteroatoms. The van der Waals surface area contributed by atoms with Gasteiger partial charge in [0.1, 0.15) is 0 Å². The summed E-state index contributed by atoms with van der Waals surface area (Å²) in [4.78, 5) is 16.2. The van der Waals surface area contributed by atoms with Crippen molar-refractivity contribution in [3.05, 3.63) is 23.8 Å². The molecule has 2 rings (SSSR count). The number of methoxy groups -OCH3 is 3. The first-order valence-electron chi connectivity index (χ1n) is 10.2. The van der Waals surface area contributed by atoms with Gasteiger partial charge in [-0.05, 0) is 17.7 Å². The number of amides is 1. The monoisotopic (exact) mass is 425 g/mol. The van der Waals surface area contributed by atoms with Crippen LogP contribution in [0.4, 0.5) is 0 Å². The number of carbonyl (C=O) groups is 1. The van der Waals surface area contributed by atoms with E-state index in [-0.39, 0.29) is 12.5 Å². The summed E-state index contributed by atoms with van der Waals surface area (Å²) in [6.07, 6.45) is -0.561. The van der Waals surface area contributed by atoms with E-state index in [0.717, 1.165) is 31.7 Å². The molecule has 1 aromatic rings. The second kappa shape index (κ2) is 13.4. The summed E-state index contributed by atoms with van der Waals surface area (Å²) >= 11 is 0. The highest BCUT2D eigenvalue weighted by Crippen LogP contribution is 2.27. The minimum absolute atomic E-state index is 0.0177. The number of nitrogens with zero attached hydrogens (tertiary/aromatic N) is 2. The molecule has 30 heavy (non-hydrogen) atoms. The molecule has 1 aliphatic rings. The van der Waals surface area contributed by atoms with Crippen molar-refractivity contribution in [1.29, 1.82) is 0 Å². The van der Waals surface area contributed by atoms with Crippen molar-refractivity contribution < 1.29 is 28.8 Å². The summed E-state index contributed by atoms with van der Waals surface area (Å²) in [5, 5.41) is 13.1. The summed E-state index contributed by atoms with van der Waals surface area (Å²) in [5.41, 5.74) is 0.956. The first-order chi connectivity index (χ1) is 14.5. The largest absolute Gasteiger partial charge is 0.493 e. The molecule has 1 saturated heterocycles. The van der Waals surface area contributed by atoms with Crippen LogP contribution in [0.2, 0.25) is 0 Å². The van der Waals surface area contributed by atoms with E-state index in [1.54, 1.807) is 21.3 Å². The van der Waals surface area contributed by atoms with Gasteiger partial charge in [-0.25, -0.2) is 0 Å². The van der Waals surface area contributed by atoms with Gasteiger partial charge in [0.2, 0.25) is 5.91 Å². The van der Waals surface area contributed by atoms with Crippen molar-refractivity contribution in [3.63, 3.8) is 0 Å². The van der Waals surface area contributed by atoms with Crippen LogP contribution < -0.4 is 14.8 Å². The number of hydrogen-bond donors (Lipinski definition) is 2. The molecule has 0 bridgehead atoms. The molecule has 1 aliphatic heterocycles. The molecule has 1 atom stereocenters. The lowest BCUT2D eigenvalue weighted by Crippen LogP contribution is -2.51. The van der Waals surface area contributed by atoms with E-state index in [1.165, 1.54) is 0 Å². The molecule has 1 aromatic carbocycles. The van der Waals surface area contributed by atoms with Crippen LogP contribution in [0.15, 0.2) is 18.2 Å². The Bertz CT molecular complexity index is 637.